The predicted molar refractivity (Wildman–Crippen MR) is 93.2 cm³/mol. The van der Waals surface area contributed by atoms with Gasteiger partial charge >= 0.3 is 6.18 Å². The summed E-state index contributed by atoms with van der Waals surface area (Å²) in [7, 11) is 0. The lowest BCUT2D eigenvalue weighted by Crippen LogP contribution is -2.42. The second-order valence-corrected chi connectivity index (χ2v) is 6.87. The zero-order valence-corrected chi connectivity index (χ0v) is 15.1. The van der Waals surface area contributed by atoms with Gasteiger partial charge < -0.3 is 10.2 Å². The molecular formula is C18H23ClF4N2O. The lowest BCUT2D eigenvalue weighted by atomic mass is 9.88. The SMILES string of the molecule is Cl.O=C(c1ccc(F)c(C2CCNCC2)c1)N1CCC(C(F)(F)F)CC1. The molecule has 0 saturated carbocycles. The van der Waals surface area contributed by atoms with Crippen LogP contribution in [0.15, 0.2) is 18.2 Å². The molecule has 1 aromatic carbocycles. The molecule has 0 spiro atoms. The smallest absolute Gasteiger partial charge is 0.339 e. The molecule has 8 heteroatoms. The number of alkyl halides is 3. The Balaban J connectivity index is 0.00000243. The van der Waals surface area contributed by atoms with Crippen LogP contribution in [0.2, 0.25) is 0 Å². The van der Waals surface area contributed by atoms with E-state index in [0.29, 0.717) is 11.1 Å². The van der Waals surface area contributed by atoms with Crippen molar-refractivity contribution in [2.75, 3.05) is 26.2 Å². The number of piperidine rings is 2. The fourth-order valence-electron chi connectivity index (χ4n) is 3.72. The van der Waals surface area contributed by atoms with Crippen LogP contribution < -0.4 is 5.32 Å². The highest BCUT2D eigenvalue weighted by atomic mass is 35.5. The summed E-state index contributed by atoms with van der Waals surface area (Å²) in [6, 6.07) is 4.31. The van der Waals surface area contributed by atoms with E-state index in [2.05, 4.69) is 5.32 Å². The predicted octanol–water partition coefficient (Wildman–Crippen LogP) is 4.13. The number of hydrogen-bond acceptors (Lipinski definition) is 2. The fourth-order valence-corrected chi connectivity index (χ4v) is 3.72. The van der Waals surface area contributed by atoms with Crippen molar-refractivity contribution in [2.24, 2.45) is 5.92 Å². The molecule has 0 aliphatic carbocycles. The first-order valence-electron chi connectivity index (χ1n) is 8.72. The Morgan fingerprint density at radius 1 is 1.08 bits per heavy atom. The number of nitrogens with zero attached hydrogens (tertiary/aromatic N) is 1. The van der Waals surface area contributed by atoms with Crippen molar-refractivity contribution in [2.45, 2.75) is 37.8 Å². The van der Waals surface area contributed by atoms with Crippen LogP contribution in [0.4, 0.5) is 17.6 Å². The van der Waals surface area contributed by atoms with Gasteiger partial charge in [-0.25, -0.2) is 4.39 Å². The molecule has 0 radical (unpaired) electrons. The average Bonchev–Trinajstić information content (AvgIpc) is 2.62. The van der Waals surface area contributed by atoms with E-state index in [1.807, 2.05) is 0 Å². The molecule has 26 heavy (non-hydrogen) atoms. The van der Waals surface area contributed by atoms with E-state index in [1.165, 1.54) is 17.0 Å². The van der Waals surface area contributed by atoms with Gasteiger partial charge in [0.2, 0.25) is 0 Å². The highest BCUT2D eigenvalue weighted by molar-refractivity contribution is 5.94. The number of nitrogens with one attached hydrogen (secondary N) is 1. The maximum Gasteiger partial charge on any atom is 0.391 e. The molecule has 2 aliphatic rings. The van der Waals surface area contributed by atoms with Crippen molar-refractivity contribution in [1.29, 1.82) is 0 Å². The second kappa shape index (κ2) is 8.57. The Morgan fingerprint density at radius 2 is 1.69 bits per heavy atom. The first-order chi connectivity index (χ1) is 11.9. The number of hydrogen-bond donors (Lipinski definition) is 1. The standard InChI is InChI=1S/C18H22F4N2O.ClH/c19-16-2-1-13(11-15(16)12-3-7-23-8-4-12)17(25)24-9-5-14(6-10-24)18(20,21)22;/h1-2,11-12,14,23H,3-10H2;1H. The van der Waals surface area contributed by atoms with E-state index in [4.69, 9.17) is 0 Å². The molecule has 0 atom stereocenters. The van der Waals surface area contributed by atoms with Crippen LogP contribution in [-0.2, 0) is 0 Å². The van der Waals surface area contributed by atoms with Gasteiger partial charge in [-0.05, 0) is 68.5 Å². The van der Waals surface area contributed by atoms with Gasteiger partial charge in [0.25, 0.3) is 5.91 Å². The van der Waals surface area contributed by atoms with E-state index in [9.17, 15) is 22.4 Å². The molecule has 0 aromatic heterocycles. The van der Waals surface area contributed by atoms with Crippen LogP contribution in [0.25, 0.3) is 0 Å². The Morgan fingerprint density at radius 3 is 2.27 bits per heavy atom. The summed E-state index contributed by atoms with van der Waals surface area (Å²) < 4.78 is 52.4. The number of benzene rings is 1. The van der Waals surface area contributed by atoms with Gasteiger partial charge in [0.1, 0.15) is 5.82 Å². The zero-order chi connectivity index (χ0) is 18.0. The lowest BCUT2D eigenvalue weighted by molar-refractivity contribution is -0.183. The van der Waals surface area contributed by atoms with E-state index in [0.717, 1.165) is 25.9 Å². The molecule has 0 unspecified atom stereocenters. The van der Waals surface area contributed by atoms with Crippen molar-refractivity contribution >= 4 is 18.3 Å². The quantitative estimate of drug-likeness (QED) is 0.765. The summed E-state index contributed by atoms with van der Waals surface area (Å²) in [6.45, 7) is 1.80. The Bertz CT molecular complexity index is 624. The minimum Gasteiger partial charge on any atom is -0.339 e. The van der Waals surface area contributed by atoms with Crippen molar-refractivity contribution in [1.82, 2.24) is 10.2 Å². The third kappa shape index (κ3) is 4.68. The van der Waals surface area contributed by atoms with Crippen molar-refractivity contribution in [3.05, 3.63) is 35.1 Å². The zero-order valence-electron chi connectivity index (χ0n) is 14.3. The highest BCUT2D eigenvalue weighted by Gasteiger charge is 2.41. The van der Waals surface area contributed by atoms with Crippen molar-refractivity contribution < 1.29 is 22.4 Å². The van der Waals surface area contributed by atoms with E-state index in [-0.39, 0.29) is 56.0 Å². The maximum absolute atomic E-state index is 14.2. The van der Waals surface area contributed by atoms with Crippen LogP contribution in [-0.4, -0.2) is 43.2 Å². The summed E-state index contributed by atoms with van der Waals surface area (Å²) in [6.07, 6.45) is -2.72. The topological polar surface area (TPSA) is 32.3 Å². The van der Waals surface area contributed by atoms with Gasteiger partial charge in [-0.1, -0.05) is 0 Å². The molecule has 1 N–H and O–H groups in total. The molecule has 2 saturated heterocycles. The van der Waals surface area contributed by atoms with Gasteiger partial charge in [-0.3, -0.25) is 4.79 Å². The molecule has 1 amide bonds. The number of amides is 1. The van der Waals surface area contributed by atoms with Crippen LogP contribution in [0.1, 0.15) is 47.5 Å². The van der Waals surface area contributed by atoms with E-state index in [1.54, 1.807) is 6.07 Å². The van der Waals surface area contributed by atoms with E-state index < -0.39 is 12.1 Å². The number of likely N-dealkylation sites (tertiary alicyclic amines) is 1. The molecule has 2 aliphatic heterocycles. The Kier molecular flexibility index (Phi) is 6.91. The Hall–Kier alpha value is -1.34. The van der Waals surface area contributed by atoms with Crippen LogP contribution in [0.3, 0.4) is 0 Å². The highest BCUT2D eigenvalue weighted by Crippen LogP contribution is 2.35. The first-order valence-corrected chi connectivity index (χ1v) is 8.72. The van der Waals surface area contributed by atoms with E-state index >= 15 is 0 Å². The maximum atomic E-state index is 14.2. The fraction of sp³-hybridized carbons (Fsp3) is 0.611. The summed E-state index contributed by atoms with van der Waals surface area (Å²) in [5, 5.41) is 3.22. The summed E-state index contributed by atoms with van der Waals surface area (Å²) >= 11 is 0. The number of halogens is 5. The third-order valence-electron chi connectivity index (χ3n) is 5.27. The van der Waals surface area contributed by atoms with Crippen molar-refractivity contribution in [3.63, 3.8) is 0 Å². The summed E-state index contributed by atoms with van der Waals surface area (Å²) in [4.78, 5) is 14.1. The third-order valence-corrected chi connectivity index (χ3v) is 5.27. The Labute approximate surface area is 156 Å². The normalized spacial score (nSPS) is 19.9. The van der Waals surface area contributed by atoms with Gasteiger partial charge in [0.05, 0.1) is 5.92 Å². The molecule has 2 heterocycles. The van der Waals surface area contributed by atoms with Gasteiger partial charge in [-0.2, -0.15) is 13.2 Å². The number of rotatable bonds is 2. The van der Waals surface area contributed by atoms with Crippen LogP contribution in [0.5, 0.6) is 0 Å². The van der Waals surface area contributed by atoms with Crippen LogP contribution in [0, 0.1) is 11.7 Å². The lowest BCUT2D eigenvalue weighted by Gasteiger charge is -2.33. The molecule has 1 aromatic rings. The molecule has 2 fully saturated rings. The average molecular weight is 395 g/mol. The first kappa shape index (κ1) is 21.0. The molecule has 146 valence electrons. The number of carbonyl (C=O) groups excluding carboxylic acids is 1. The molecular weight excluding hydrogens is 372 g/mol. The van der Waals surface area contributed by atoms with Gasteiger partial charge in [0, 0.05) is 18.7 Å². The van der Waals surface area contributed by atoms with Crippen molar-refractivity contribution in [3.8, 4) is 0 Å². The molecule has 0 bridgehead atoms. The monoisotopic (exact) mass is 394 g/mol. The summed E-state index contributed by atoms with van der Waals surface area (Å²) in [5.41, 5.74) is 0.901. The van der Waals surface area contributed by atoms with Gasteiger partial charge in [0.15, 0.2) is 0 Å². The molecule has 3 rings (SSSR count). The second-order valence-electron chi connectivity index (χ2n) is 6.87. The van der Waals surface area contributed by atoms with Gasteiger partial charge in [-0.15, -0.1) is 12.4 Å². The minimum absolute atomic E-state index is 0. The largest absolute Gasteiger partial charge is 0.391 e. The minimum atomic E-state index is -4.20. The summed E-state index contributed by atoms with van der Waals surface area (Å²) in [5.74, 6) is -1.89. The molecule has 3 nitrogen and oxygen atoms in total. The number of carbonyl (C=O) groups is 1. The van der Waals surface area contributed by atoms with Crippen LogP contribution >= 0.6 is 12.4 Å².